The van der Waals surface area contributed by atoms with Crippen molar-refractivity contribution >= 4 is 84.6 Å². The van der Waals surface area contributed by atoms with Crippen LogP contribution in [0.4, 0.5) is 0 Å². The first-order valence-electron chi connectivity index (χ1n) is 14.1. The average Bonchev–Trinajstić information content (AvgIpc) is 3.05. The summed E-state index contributed by atoms with van der Waals surface area (Å²) in [5.74, 6) is 0. The number of nitrogens with zero attached hydrogens (tertiary/aromatic N) is 2. The molecule has 4 heterocycles. The van der Waals surface area contributed by atoms with E-state index in [1.165, 1.54) is 95.3 Å². The van der Waals surface area contributed by atoms with Crippen LogP contribution in [0, 0.1) is 0 Å². The lowest BCUT2D eigenvalue weighted by Crippen LogP contribution is -1.94. The van der Waals surface area contributed by atoms with Gasteiger partial charge in [0.05, 0.1) is 0 Å². The highest BCUT2D eigenvalue weighted by molar-refractivity contribution is 7.27. The summed E-state index contributed by atoms with van der Waals surface area (Å²) >= 11 is 3.80. The van der Waals surface area contributed by atoms with E-state index >= 15 is 0 Å². The zero-order valence-electron chi connectivity index (χ0n) is 22.3. The normalized spacial score (nSPS) is 12.3. The first kappa shape index (κ1) is 22.8. The van der Waals surface area contributed by atoms with Crippen molar-refractivity contribution in [3.05, 3.63) is 122 Å². The molecule has 2 aliphatic rings. The number of aromatic nitrogens is 2. The van der Waals surface area contributed by atoms with Gasteiger partial charge in [0, 0.05) is 87.4 Å². The van der Waals surface area contributed by atoms with Gasteiger partial charge in [-0.3, -0.25) is 9.97 Å². The van der Waals surface area contributed by atoms with Crippen LogP contribution in [-0.4, -0.2) is 9.97 Å². The van der Waals surface area contributed by atoms with E-state index < -0.39 is 0 Å². The van der Waals surface area contributed by atoms with E-state index in [2.05, 4.69) is 107 Å². The van der Waals surface area contributed by atoms with Gasteiger partial charge >= 0.3 is 0 Å². The summed E-state index contributed by atoms with van der Waals surface area (Å²) in [6, 6.07) is 35.6. The minimum absolute atomic E-state index is 1.17. The second-order valence-electron chi connectivity index (χ2n) is 11.0. The predicted molar refractivity (Wildman–Crippen MR) is 182 cm³/mol. The highest BCUT2D eigenvalue weighted by Crippen LogP contribution is 2.54. The summed E-state index contributed by atoms with van der Waals surface area (Å²) in [5.41, 5.74) is 7.60. The van der Waals surface area contributed by atoms with E-state index in [4.69, 9.17) is 0 Å². The van der Waals surface area contributed by atoms with Gasteiger partial charge in [0.1, 0.15) is 0 Å². The quantitative estimate of drug-likeness (QED) is 0.153. The van der Waals surface area contributed by atoms with E-state index in [1.54, 1.807) is 0 Å². The molecule has 194 valence electrons. The molecule has 0 radical (unpaired) electrons. The highest BCUT2D eigenvalue weighted by atomic mass is 32.1. The topological polar surface area (TPSA) is 25.8 Å². The standard InChI is InChI=1S/C38H20N2S2/c1-3-7-23-21(5-1)17-39-19-29(23)25-9-13-31-35-27(25)11-15-33-37(35)38-34(41-31)16-12-28-26(10-14-32(42-33)36(28)38)30-20-40-18-22-6-2-4-8-24(22)30/h1-20H. The number of rotatable bonds is 2. The van der Waals surface area contributed by atoms with Crippen LogP contribution in [0.5, 0.6) is 0 Å². The smallest absolute Gasteiger partial charge is 0.0362 e. The second-order valence-corrected chi connectivity index (χ2v) is 13.1. The molecule has 0 saturated heterocycles. The lowest BCUT2D eigenvalue weighted by molar-refractivity contribution is 1.36. The van der Waals surface area contributed by atoms with Crippen LogP contribution < -0.4 is 0 Å². The summed E-state index contributed by atoms with van der Waals surface area (Å²) in [6.45, 7) is 0. The van der Waals surface area contributed by atoms with E-state index in [1.807, 2.05) is 47.5 Å². The molecule has 2 aliphatic heterocycles. The van der Waals surface area contributed by atoms with Gasteiger partial charge in [-0.25, -0.2) is 0 Å². The maximum absolute atomic E-state index is 4.62. The number of fused-ring (bicyclic) bond motifs is 2. The molecular weight excluding hydrogens is 549 g/mol. The molecule has 8 aromatic rings. The highest BCUT2D eigenvalue weighted by Gasteiger charge is 2.24. The average molecular weight is 569 g/mol. The van der Waals surface area contributed by atoms with E-state index in [0.29, 0.717) is 0 Å². The summed E-state index contributed by atoms with van der Waals surface area (Å²) in [5, 5.41) is 10.1. The molecule has 0 N–H and O–H groups in total. The number of pyridine rings is 2. The second kappa shape index (κ2) is 8.32. The van der Waals surface area contributed by atoms with Gasteiger partial charge in [0.15, 0.2) is 0 Å². The van der Waals surface area contributed by atoms with Gasteiger partial charge in [0.2, 0.25) is 0 Å². The van der Waals surface area contributed by atoms with Crippen molar-refractivity contribution in [1.29, 1.82) is 0 Å². The molecule has 0 unspecified atom stereocenters. The predicted octanol–water partition coefficient (Wildman–Crippen LogP) is 11.4. The third kappa shape index (κ3) is 2.98. The largest absolute Gasteiger partial charge is 0.263 e. The van der Waals surface area contributed by atoms with Gasteiger partial charge < -0.3 is 0 Å². The van der Waals surface area contributed by atoms with Crippen LogP contribution in [0.25, 0.3) is 95.3 Å². The Morgan fingerprint density at radius 2 is 0.810 bits per heavy atom. The molecule has 0 atom stereocenters. The molecule has 2 nitrogen and oxygen atoms in total. The summed E-state index contributed by atoms with van der Waals surface area (Å²) in [4.78, 5) is 9.25. The van der Waals surface area contributed by atoms with E-state index in [0.717, 1.165) is 0 Å². The minimum Gasteiger partial charge on any atom is -0.263 e. The Labute approximate surface area is 248 Å². The van der Waals surface area contributed by atoms with Crippen LogP contribution in [0.1, 0.15) is 0 Å². The molecule has 42 heavy (non-hydrogen) atoms. The molecule has 2 aromatic heterocycles. The molecule has 6 aromatic carbocycles. The lowest BCUT2D eigenvalue weighted by atomic mass is 9.88. The molecule has 0 fully saturated rings. The Balaban J connectivity index is 1.32. The summed E-state index contributed by atoms with van der Waals surface area (Å²) in [6.07, 6.45) is 7.96. The van der Waals surface area contributed by atoms with Gasteiger partial charge in [-0.2, -0.15) is 0 Å². The monoisotopic (exact) mass is 568 g/mol. The molecule has 0 aliphatic carbocycles. The van der Waals surface area contributed by atoms with Crippen LogP contribution >= 0.6 is 22.7 Å². The molecule has 0 bridgehead atoms. The molecule has 10 rings (SSSR count). The van der Waals surface area contributed by atoms with Crippen LogP contribution in [0.3, 0.4) is 0 Å². The lowest BCUT2D eigenvalue weighted by Gasteiger charge is -2.23. The van der Waals surface area contributed by atoms with Gasteiger partial charge in [-0.1, -0.05) is 72.8 Å². The fraction of sp³-hybridized carbons (Fsp3) is 0. The minimum atomic E-state index is 1.17. The van der Waals surface area contributed by atoms with Gasteiger partial charge in [0.25, 0.3) is 0 Å². The Kier molecular flexibility index (Phi) is 4.51. The fourth-order valence-corrected chi connectivity index (χ4v) is 9.26. The van der Waals surface area contributed by atoms with Crippen molar-refractivity contribution in [1.82, 2.24) is 9.97 Å². The van der Waals surface area contributed by atoms with Crippen molar-refractivity contribution in [2.24, 2.45) is 0 Å². The van der Waals surface area contributed by atoms with Crippen LogP contribution in [0.15, 0.2) is 122 Å². The van der Waals surface area contributed by atoms with Crippen molar-refractivity contribution in [3.8, 4) is 33.4 Å². The Morgan fingerprint density at radius 1 is 0.357 bits per heavy atom. The molecular formula is C38H20N2S2. The zero-order chi connectivity index (χ0) is 27.4. The van der Waals surface area contributed by atoms with Crippen molar-refractivity contribution < 1.29 is 0 Å². The Bertz CT molecular complexity index is 2450. The molecule has 4 heteroatoms. The maximum atomic E-state index is 4.62. The molecule has 0 saturated carbocycles. The third-order valence-corrected chi connectivity index (χ3v) is 11.1. The van der Waals surface area contributed by atoms with E-state index in [-0.39, 0.29) is 0 Å². The van der Waals surface area contributed by atoms with Crippen molar-refractivity contribution in [3.63, 3.8) is 0 Å². The third-order valence-electron chi connectivity index (χ3n) is 8.82. The molecule has 0 amide bonds. The van der Waals surface area contributed by atoms with Crippen molar-refractivity contribution in [2.45, 2.75) is 0 Å². The zero-order valence-corrected chi connectivity index (χ0v) is 23.9. The summed E-state index contributed by atoms with van der Waals surface area (Å²) in [7, 11) is 0. The number of hydrogen-bond acceptors (Lipinski definition) is 4. The SMILES string of the molecule is c1ccc2c(-c3ccc4sc5ccc6c(-c7cncc8ccccc78)ccc7sc8ccc3c4c8-c5c76)cncc2c1. The van der Waals surface area contributed by atoms with Gasteiger partial charge in [-0.05, 0) is 56.9 Å². The van der Waals surface area contributed by atoms with Crippen LogP contribution in [-0.2, 0) is 0 Å². The number of hydrogen-bond donors (Lipinski definition) is 0. The number of benzene rings is 6. The van der Waals surface area contributed by atoms with Crippen LogP contribution in [0.2, 0.25) is 0 Å². The van der Waals surface area contributed by atoms with E-state index in [9.17, 15) is 0 Å². The Morgan fingerprint density at radius 3 is 1.31 bits per heavy atom. The maximum Gasteiger partial charge on any atom is 0.0362 e. The first-order chi connectivity index (χ1) is 20.8. The first-order valence-corrected chi connectivity index (χ1v) is 15.7. The van der Waals surface area contributed by atoms with Crippen molar-refractivity contribution in [2.75, 3.05) is 0 Å². The molecule has 0 spiro atoms. The Hall–Kier alpha value is -4.90. The van der Waals surface area contributed by atoms with Gasteiger partial charge in [-0.15, -0.1) is 22.7 Å². The fourth-order valence-electron chi connectivity index (χ4n) is 7.00. The summed E-state index contributed by atoms with van der Waals surface area (Å²) < 4.78 is 5.31.